The van der Waals surface area contributed by atoms with E-state index in [1.54, 1.807) is 24.3 Å². The van der Waals surface area contributed by atoms with Crippen molar-refractivity contribution >= 4 is 27.5 Å². The zero-order chi connectivity index (χ0) is 30.0. The Morgan fingerprint density at radius 2 is 1.29 bits per heavy atom. The van der Waals surface area contributed by atoms with Gasteiger partial charge in [-0.05, 0) is 41.0 Å². The van der Waals surface area contributed by atoms with Crippen molar-refractivity contribution in [1.82, 2.24) is 10.2 Å². The molecule has 0 radical (unpaired) electrons. The number of hydrogen-bond acceptors (Lipinski definition) is 5. The van der Waals surface area contributed by atoms with Crippen LogP contribution in [0.25, 0.3) is 0 Å². The highest BCUT2D eigenvalue weighted by Gasteiger charge is 2.32. The van der Waals surface area contributed by atoms with Gasteiger partial charge in [-0.1, -0.05) is 91.0 Å². The lowest BCUT2D eigenvalue weighted by Gasteiger charge is -2.33. The smallest absolute Gasteiger partial charge is 0.244 e. The largest absolute Gasteiger partial charge is 0.489 e. The number of carbonyl (C=O) groups is 2. The fourth-order valence-electron chi connectivity index (χ4n) is 4.56. The summed E-state index contributed by atoms with van der Waals surface area (Å²) in [5.74, 6) is -0.275. The molecule has 0 saturated carbocycles. The first-order valence-electron chi connectivity index (χ1n) is 13.6. The minimum atomic E-state index is -3.85. The molecule has 2 amide bonds. The lowest BCUT2D eigenvalue weighted by Crippen LogP contribution is -2.52. The molecule has 0 heterocycles. The van der Waals surface area contributed by atoms with E-state index >= 15 is 0 Å². The van der Waals surface area contributed by atoms with E-state index in [1.807, 2.05) is 91.0 Å². The maximum Gasteiger partial charge on any atom is 0.244 e. The summed E-state index contributed by atoms with van der Waals surface area (Å²) in [6, 6.07) is 34.1. The van der Waals surface area contributed by atoms with Crippen LogP contribution < -0.4 is 14.4 Å². The molecule has 0 aliphatic carbocycles. The molecule has 0 bridgehead atoms. The number of nitrogens with zero attached hydrogens (tertiary/aromatic N) is 2. The maximum absolute atomic E-state index is 14.0. The van der Waals surface area contributed by atoms with Crippen molar-refractivity contribution in [1.29, 1.82) is 0 Å². The molecule has 0 unspecified atom stereocenters. The number of nitrogens with one attached hydrogen (secondary N) is 1. The van der Waals surface area contributed by atoms with Gasteiger partial charge in [-0.25, -0.2) is 8.42 Å². The summed E-state index contributed by atoms with van der Waals surface area (Å²) in [6.45, 7) is 0.0256. The number of ether oxygens (including phenoxy) is 1. The van der Waals surface area contributed by atoms with Gasteiger partial charge in [0.05, 0.1) is 11.9 Å². The Bertz CT molecular complexity index is 1550. The number of sulfonamides is 1. The zero-order valence-electron chi connectivity index (χ0n) is 23.7. The van der Waals surface area contributed by atoms with Crippen LogP contribution in [0, 0.1) is 0 Å². The van der Waals surface area contributed by atoms with Gasteiger partial charge in [0.2, 0.25) is 21.8 Å². The Kier molecular flexibility index (Phi) is 10.3. The van der Waals surface area contributed by atoms with Gasteiger partial charge in [0.25, 0.3) is 0 Å². The topological polar surface area (TPSA) is 96.0 Å². The van der Waals surface area contributed by atoms with E-state index in [0.717, 1.165) is 27.3 Å². The lowest BCUT2D eigenvalue weighted by molar-refractivity contribution is -0.139. The van der Waals surface area contributed by atoms with Crippen LogP contribution in [0.1, 0.15) is 16.7 Å². The van der Waals surface area contributed by atoms with Gasteiger partial charge in [0.1, 0.15) is 24.9 Å². The Labute approximate surface area is 247 Å². The van der Waals surface area contributed by atoms with Gasteiger partial charge in [-0.15, -0.1) is 0 Å². The second-order valence-electron chi connectivity index (χ2n) is 9.86. The van der Waals surface area contributed by atoms with Crippen LogP contribution >= 0.6 is 0 Å². The minimum Gasteiger partial charge on any atom is -0.489 e. The van der Waals surface area contributed by atoms with E-state index in [1.165, 1.54) is 11.9 Å². The molecule has 42 heavy (non-hydrogen) atoms. The van der Waals surface area contributed by atoms with Crippen molar-refractivity contribution < 1.29 is 22.7 Å². The number of rotatable bonds is 13. The van der Waals surface area contributed by atoms with Crippen LogP contribution in [-0.4, -0.2) is 51.0 Å². The van der Waals surface area contributed by atoms with E-state index < -0.39 is 28.5 Å². The second-order valence-corrected chi connectivity index (χ2v) is 11.8. The van der Waals surface area contributed by atoms with Crippen LogP contribution in [0.5, 0.6) is 5.75 Å². The highest BCUT2D eigenvalue weighted by Crippen LogP contribution is 2.24. The second kappa shape index (κ2) is 14.3. The molecule has 1 N–H and O–H groups in total. The number of benzene rings is 4. The third-order valence-electron chi connectivity index (χ3n) is 6.77. The van der Waals surface area contributed by atoms with Gasteiger partial charge < -0.3 is 15.0 Å². The van der Waals surface area contributed by atoms with Crippen molar-refractivity contribution in [2.45, 2.75) is 25.6 Å². The predicted molar refractivity (Wildman–Crippen MR) is 164 cm³/mol. The van der Waals surface area contributed by atoms with Crippen LogP contribution in [0.2, 0.25) is 0 Å². The molecule has 0 spiro atoms. The van der Waals surface area contributed by atoms with E-state index in [0.29, 0.717) is 18.0 Å². The standard InChI is InChI=1S/C33H35N3O5S/c1-34-33(38)31(22-26-12-6-3-7-13-26)35(23-27-14-8-4-9-15-27)32(37)24-36(42(2,39)40)29-18-20-30(21-19-29)41-25-28-16-10-5-11-17-28/h3-21,31H,22-25H2,1-2H3,(H,34,38)/t31-/m1/s1. The van der Waals surface area contributed by atoms with Crippen LogP contribution in [-0.2, 0) is 39.2 Å². The Hall–Kier alpha value is -4.63. The molecule has 4 aromatic carbocycles. The third kappa shape index (κ3) is 8.44. The molecule has 0 aliphatic heterocycles. The highest BCUT2D eigenvalue weighted by atomic mass is 32.2. The summed E-state index contributed by atoms with van der Waals surface area (Å²) in [4.78, 5) is 28.6. The number of anilines is 1. The molecule has 0 saturated heterocycles. The summed E-state index contributed by atoms with van der Waals surface area (Å²) < 4.78 is 32.8. The van der Waals surface area contributed by atoms with E-state index in [4.69, 9.17) is 4.74 Å². The average molecular weight is 586 g/mol. The molecule has 4 rings (SSSR count). The first kappa shape index (κ1) is 30.3. The minimum absolute atomic E-state index is 0.133. The van der Waals surface area contributed by atoms with Crippen molar-refractivity contribution in [2.75, 3.05) is 24.2 Å². The Morgan fingerprint density at radius 1 is 0.762 bits per heavy atom. The fourth-order valence-corrected chi connectivity index (χ4v) is 5.41. The molecular formula is C33H35N3O5S. The number of carbonyl (C=O) groups excluding carboxylic acids is 2. The first-order valence-corrected chi connectivity index (χ1v) is 15.4. The summed E-state index contributed by atoms with van der Waals surface area (Å²) in [5.41, 5.74) is 3.02. The molecule has 0 fully saturated rings. The van der Waals surface area contributed by atoms with Crippen LogP contribution in [0.3, 0.4) is 0 Å². The summed E-state index contributed by atoms with van der Waals surface area (Å²) in [7, 11) is -2.33. The molecule has 8 nitrogen and oxygen atoms in total. The van der Waals surface area contributed by atoms with Crippen molar-refractivity contribution in [3.05, 3.63) is 132 Å². The molecule has 218 valence electrons. The van der Waals surface area contributed by atoms with Crippen molar-refractivity contribution in [2.24, 2.45) is 0 Å². The normalized spacial score (nSPS) is 11.8. The van der Waals surface area contributed by atoms with Gasteiger partial charge in [-0.3, -0.25) is 13.9 Å². The van der Waals surface area contributed by atoms with Crippen LogP contribution in [0.4, 0.5) is 5.69 Å². The third-order valence-corrected chi connectivity index (χ3v) is 7.91. The number of hydrogen-bond donors (Lipinski definition) is 1. The van der Waals surface area contributed by atoms with E-state index in [2.05, 4.69) is 5.32 Å². The predicted octanol–water partition coefficient (Wildman–Crippen LogP) is 4.42. The Balaban J connectivity index is 1.60. The van der Waals surface area contributed by atoms with Crippen molar-refractivity contribution in [3.8, 4) is 5.75 Å². The lowest BCUT2D eigenvalue weighted by atomic mass is 10.0. The average Bonchev–Trinajstić information content (AvgIpc) is 3.01. The molecular weight excluding hydrogens is 550 g/mol. The van der Waals surface area contributed by atoms with Gasteiger partial charge in [-0.2, -0.15) is 0 Å². The molecule has 9 heteroatoms. The Morgan fingerprint density at radius 3 is 1.81 bits per heavy atom. The fraction of sp³-hybridized carbons (Fsp3) is 0.212. The van der Waals surface area contributed by atoms with Crippen LogP contribution in [0.15, 0.2) is 115 Å². The molecule has 1 atom stereocenters. The first-order chi connectivity index (χ1) is 20.2. The highest BCUT2D eigenvalue weighted by molar-refractivity contribution is 7.92. The maximum atomic E-state index is 14.0. The quantitative estimate of drug-likeness (QED) is 0.251. The summed E-state index contributed by atoms with van der Waals surface area (Å²) >= 11 is 0. The monoisotopic (exact) mass is 585 g/mol. The van der Waals surface area contributed by atoms with E-state index in [9.17, 15) is 18.0 Å². The van der Waals surface area contributed by atoms with Crippen molar-refractivity contribution in [3.63, 3.8) is 0 Å². The number of likely N-dealkylation sites (N-methyl/N-ethyl adjacent to an activating group) is 1. The van der Waals surface area contributed by atoms with E-state index in [-0.39, 0.29) is 18.9 Å². The van der Waals surface area contributed by atoms with Gasteiger partial charge >= 0.3 is 0 Å². The SMILES string of the molecule is CNC(=O)[C@@H](Cc1ccccc1)N(Cc1ccccc1)C(=O)CN(c1ccc(OCc2ccccc2)cc1)S(C)(=O)=O. The summed E-state index contributed by atoms with van der Waals surface area (Å²) in [6.07, 6.45) is 1.33. The molecule has 4 aromatic rings. The molecule has 0 aliphatic rings. The summed E-state index contributed by atoms with van der Waals surface area (Å²) in [5, 5.41) is 2.67. The van der Waals surface area contributed by atoms with Gasteiger partial charge in [0.15, 0.2) is 0 Å². The van der Waals surface area contributed by atoms with Gasteiger partial charge in [0, 0.05) is 20.0 Å². The number of amides is 2. The molecule has 0 aromatic heterocycles. The zero-order valence-corrected chi connectivity index (χ0v) is 24.5.